The van der Waals surface area contributed by atoms with E-state index in [1.165, 1.54) is 18.6 Å². The maximum Gasteiger partial charge on any atom is 0.135 e. The van der Waals surface area contributed by atoms with Gasteiger partial charge in [0.2, 0.25) is 0 Å². The molecule has 2 aromatic carbocycles. The fourth-order valence-electron chi connectivity index (χ4n) is 4.16. The molecule has 3 heterocycles. The Morgan fingerprint density at radius 2 is 1.88 bits per heavy atom. The molecule has 2 aromatic heterocycles. The maximum absolute atomic E-state index is 15.0. The number of carbonyl (C=O) groups excluding carboxylic acids is 1. The Labute approximate surface area is 188 Å². The molecular weight excluding hydrogens is 426 g/mol. The first-order chi connectivity index (χ1) is 16.2. The van der Waals surface area contributed by atoms with Crippen molar-refractivity contribution in [3.8, 4) is 11.3 Å². The van der Waals surface area contributed by atoms with Crippen LogP contribution in [0.15, 0.2) is 61.2 Å². The summed E-state index contributed by atoms with van der Waals surface area (Å²) in [7, 11) is 0. The quantitative estimate of drug-likeness (QED) is 0.430. The number of nitrogens with zero attached hydrogens (tertiary/aromatic N) is 4. The van der Waals surface area contributed by atoms with Crippen molar-refractivity contribution < 1.29 is 18.3 Å². The predicted octanol–water partition coefficient (Wildman–Crippen LogP) is 4.14. The van der Waals surface area contributed by atoms with Gasteiger partial charge in [0.1, 0.15) is 24.2 Å². The van der Waals surface area contributed by atoms with Crippen LogP contribution in [0.25, 0.3) is 22.2 Å². The number of ether oxygens (including phenoxy) is 1. The number of morpholine rings is 1. The number of pyridine rings is 1. The van der Waals surface area contributed by atoms with Gasteiger partial charge in [0.15, 0.2) is 0 Å². The van der Waals surface area contributed by atoms with Crippen molar-refractivity contribution in [2.45, 2.75) is 5.92 Å². The van der Waals surface area contributed by atoms with Crippen molar-refractivity contribution in [2.24, 2.45) is 0 Å². The summed E-state index contributed by atoms with van der Waals surface area (Å²) in [5.41, 5.74) is 2.66. The van der Waals surface area contributed by atoms with Gasteiger partial charge >= 0.3 is 0 Å². The SMILES string of the molecule is O=CC(c1cccnc1)c1cc(-c2ncnc3cc(N4CCOCC4)ccc23)c(F)cc1F. The maximum atomic E-state index is 15.0. The van der Waals surface area contributed by atoms with Crippen molar-refractivity contribution in [1.29, 1.82) is 0 Å². The average molecular weight is 446 g/mol. The highest BCUT2D eigenvalue weighted by Crippen LogP contribution is 2.34. The molecule has 6 nitrogen and oxygen atoms in total. The Kier molecular flexibility index (Phi) is 5.75. The fourth-order valence-corrected chi connectivity index (χ4v) is 4.16. The molecule has 0 bridgehead atoms. The summed E-state index contributed by atoms with van der Waals surface area (Å²) in [5.74, 6) is -2.48. The third-order valence-electron chi connectivity index (χ3n) is 5.85. The van der Waals surface area contributed by atoms with Gasteiger partial charge in [0, 0.05) is 53.8 Å². The minimum Gasteiger partial charge on any atom is -0.378 e. The Balaban J connectivity index is 1.61. The summed E-state index contributed by atoms with van der Waals surface area (Å²) in [4.78, 5) is 26.7. The van der Waals surface area contributed by atoms with Crippen LogP contribution in [0.3, 0.4) is 0 Å². The van der Waals surface area contributed by atoms with Gasteiger partial charge in [-0.3, -0.25) is 4.98 Å². The second-order valence-corrected chi connectivity index (χ2v) is 7.78. The molecule has 8 heteroatoms. The number of anilines is 1. The van der Waals surface area contributed by atoms with Crippen molar-refractivity contribution >= 4 is 22.9 Å². The van der Waals surface area contributed by atoms with Crippen LogP contribution in [0.4, 0.5) is 14.5 Å². The largest absolute Gasteiger partial charge is 0.378 e. The topological polar surface area (TPSA) is 68.2 Å². The molecule has 4 aromatic rings. The third kappa shape index (κ3) is 4.05. The normalized spacial score (nSPS) is 14.9. The van der Waals surface area contributed by atoms with Crippen LogP contribution < -0.4 is 4.90 Å². The van der Waals surface area contributed by atoms with Crippen LogP contribution in [0, 0.1) is 11.6 Å². The molecule has 1 atom stereocenters. The number of hydrogen-bond donors (Lipinski definition) is 0. The first-order valence-electron chi connectivity index (χ1n) is 10.6. The average Bonchev–Trinajstić information content (AvgIpc) is 2.86. The van der Waals surface area contributed by atoms with E-state index in [0.29, 0.717) is 41.7 Å². The van der Waals surface area contributed by atoms with Crippen LogP contribution in [0.2, 0.25) is 0 Å². The Morgan fingerprint density at radius 1 is 1.03 bits per heavy atom. The van der Waals surface area contributed by atoms with E-state index in [1.54, 1.807) is 18.3 Å². The van der Waals surface area contributed by atoms with E-state index in [1.807, 2.05) is 18.2 Å². The summed E-state index contributed by atoms with van der Waals surface area (Å²) in [6.07, 6.45) is 5.05. The van der Waals surface area contributed by atoms with E-state index >= 15 is 0 Å². The number of halogens is 2. The number of benzene rings is 2. The minimum absolute atomic E-state index is 0.0612. The summed E-state index contributed by atoms with van der Waals surface area (Å²) in [6, 6.07) is 11.2. The van der Waals surface area contributed by atoms with Gasteiger partial charge in [-0.25, -0.2) is 18.7 Å². The first-order valence-corrected chi connectivity index (χ1v) is 10.6. The predicted molar refractivity (Wildman–Crippen MR) is 120 cm³/mol. The van der Waals surface area contributed by atoms with E-state index in [0.717, 1.165) is 24.8 Å². The van der Waals surface area contributed by atoms with Crippen LogP contribution in [0.5, 0.6) is 0 Å². The van der Waals surface area contributed by atoms with Crippen LogP contribution in [0.1, 0.15) is 17.0 Å². The summed E-state index contributed by atoms with van der Waals surface area (Å²) in [6.45, 7) is 2.87. The first kappa shape index (κ1) is 21.1. The summed E-state index contributed by atoms with van der Waals surface area (Å²) >= 11 is 0. The zero-order chi connectivity index (χ0) is 22.8. The summed E-state index contributed by atoms with van der Waals surface area (Å²) < 4.78 is 35.1. The zero-order valence-corrected chi connectivity index (χ0v) is 17.6. The molecule has 33 heavy (non-hydrogen) atoms. The molecule has 1 saturated heterocycles. The lowest BCUT2D eigenvalue weighted by molar-refractivity contribution is -0.108. The lowest BCUT2D eigenvalue weighted by Crippen LogP contribution is -2.36. The highest BCUT2D eigenvalue weighted by molar-refractivity contribution is 5.94. The molecular formula is C25H20F2N4O2. The van der Waals surface area contributed by atoms with Crippen molar-refractivity contribution in [3.63, 3.8) is 0 Å². The number of fused-ring (bicyclic) bond motifs is 1. The molecule has 1 aliphatic heterocycles. The summed E-state index contributed by atoms with van der Waals surface area (Å²) in [5, 5.41) is 0.634. The molecule has 0 N–H and O–H groups in total. The molecule has 0 saturated carbocycles. The highest BCUT2D eigenvalue weighted by atomic mass is 19.1. The molecule has 1 fully saturated rings. The van der Waals surface area contributed by atoms with Gasteiger partial charge in [0.05, 0.1) is 30.3 Å². The second-order valence-electron chi connectivity index (χ2n) is 7.78. The van der Waals surface area contributed by atoms with Crippen molar-refractivity contribution in [3.05, 3.63) is 83.9 Å². The molecule has 0 radical (unpaired) electrons. The zero-order valence-electron chi connectivity index (χ0n) is 17.6. The minimum atomic E-state index is -0.918. The fraction of sp³-hybridized carbons (Fsp3) is 0.200. The molecule has 1 unspecified atom stereocenters. The number of rotatable bonds is 5. The number of hydrogen-bond acceptors (Lipinski definition) is 6. The van der Waals surface area contributed by atoms with E-state index in [9.17, 15) is 13.6 Å². The lowest BCUT2D eigenvalue weighted by Gasteiger charge is -2.29. The molecule has 166 valence electrons. The van der Waals surface area contributed by atoms with E-state index < -0.39 is 17.6 Å². The van der Waals surface area contributed by atoms with Gasteiger partial charge in [-0.1, -0.05) is 6.07 Å². The third-order valence-corrected chi connectivity index (χ3v) is 5.85. The van der Waals surface area contributed by atoms with Crippen LogP contribution >= 0.6 is 0 Å². The smallest absolute Gasteiger partial charge is 0.135 e. The van der Waals surface area contributed by atoms with Gasteiger partial charge in [-0.15, -0.1) is 0 Å². The van der Waals surface area contributed by atoms with Gasteiger partial charge in [-0.05, 0) is 35.9 Å². The van der Waals surface area contributed by atoms with Crippen LogP contribution in [-0.4, -0.2) is 47.5 Å². The molecule has 5 rings (SSSR count). The van der Waals surface area contributed by atoms with Crippen molar-refractivity contribution in [1.82, 2.24) is 15.0 Å². The van der Waals surface area contributed by atoms with E-state index in [4.69, 9.17) is 4.74 Å². The monoisotopic (exact) mass is 446 g/mol. The molecule has 0 aliphatic carbocycles. The molecule has 1 aliphatic rings. The van der Waals surface area contributed by atoms with Crippen LogP contribution in [-0.2, 0) is 9.53 Å². The number of carbonyl (C=O) groups is 1. The Morgan fingerprint density at radius 3 is 2.64 bits per heavy atom. The van der Waals surface area contributed by atoms with Gasteiger partial charge < -0.3 is 14.4 Å². The second kappa shape index (κ2) is 8.99. The number of aldehydes is 1. The van der Waals surface area contributed by atoms with Crippen molar-refractivity contribution in [2.75, 3.05) is 31.2 Å². The standard InChI is InChI=1S/C25H20F2N4O2/c26-22-12-23(27)20(11-19(22)21(14-32)16-2-1-5-28-13-16)25-18-4-3-17(10-24(18)29-15-30-25)31-6-8-33-9-7-31/h1-5,10-15,21H,6-9H2. The lowest BCUT2D eigenvalue weighted by atomic mass is 9.91. The Hall–Kier alpha value is -3.78. The van der Waals surface area contributed by atoms with Gasteiger partial charge in [-0.2, -0.15) is 0 Å². The number of aromatic nitrogens is 3. The van der Waals surface area contributed by atoms with E-state index in [2.05, 4.69) is 19.9 Å². The van der Waals surface area contributed by atoms with Gasteiger partial charge in [0.25, 0.3) is 0 Å². The molecule has 0 amide bonds. The molecule has 0 spiro atoms. The van der Waals surface area contributed by atoms with E-state index in [-0.39, 0.29) is 11.1 Å². The Bertz CT molecular complexity index is 1310. The highest BCUT2D eigenvalue weighted by Gasteiger charge is 2.22.